The third-order valence-electron chi connectivity index (χ3n) is 10.8. The molecule has 7 unspecified atom stereocenters. The molecule has 2 aromatic rings. The lowest BCUT2D eigenvalue weighted by atomic mass is 9.93. The second kappa shape index (κ2) is 21.0. The van der Waals surface area contributed by atoms with Crippen molar-refractivity contribution in [2.75, 3.05) is 53.5 Å². The van der Waals surface area contributed by atoms with Gasteiger partial charge in [-0.3, -0.25) is 29.0 Å². The summed E-state index contributed by atoms with van der Waals surface area (Å²) in [5, 5.41) is 5.88. The van der Waals surface area contributed by atoms with Crippen molar-refractivity contribution in [3.05, 3.63) is 76.3 Å². The Morgan fingerprint density at radius 1 is 0.931 bits per heavy atom. The van der Waals surface area contributed by atoms with Gasteiger partial charge in [-0.1, -0.05) is 75.7 Å². The molecule has 0 bridgehead atoms. The zero-order valence-corrected chi connectivity index (χ0v) is 35.0. The van der Waals surface area contributed by atoms with E-state index >= 15 is 0 Å². The Balaban J connectivity index is 1.28. The number of carbonyl (C=O) groups excluding carboxylic acids is 5. The number of nitrogens with zero attached hydrogens (tertiary/aromatic N) is 2. The quantitative estimate of drug-likeness (QED) is 0.180. The number of hydrogen-bond donors (Lipinski definition) is 2. The van der Waals surface area contributed by atoms with E-state index in [-0.39, 0.29) is 55.8 Å². The largest absolute Gasteiger partial charge is 0.495 e. The van der Waals surface area contributed by atoms with Crippen molar-refractivity contribution in [2.24, 2.45) is 17.8 Å². The van der Waals surface area contributed by atoms with Crippen LogP contribution in [0.15, 0.2) is 54.6 Å². The van der Waals surface area contributed by atoms with E-state index in [1.807, 2.05) is 20.8 Å². The van der Waals surface area contributed by atoms with Crippen LogP contribution < -0.4 is 15.4 Å². The summed E-state index contributed by atoms with van der Waals surface area (Å²) >= 11 is 6.34. The summed E-state index contributed by atoms with van der Waals surface area (Å²) in [6.45, 7) is 11.7. The SMILES string of the molecule is COC(=O)CN1CCN(Cc2ccc(C3OC3C(C)C3CC=CC(=O)NC(Cc4ccc(OC)c(Cl)c4)C(=O)NCC(C)C(=O)OC(CC(C)C)C(=O)O3)cc2)CC1. The second-order valence-electron chi connectivity index (χ2n) is 15.8. The number of esters is 3. The van der Waals surface area contributed by atoms with Crippen molar-refractivity contribution in [1.82, 2.24) is 20.4 Å². The molecule has 15 heteroatoms. The van der Waals surface area contributed by atoms with Gasteiger partial charge in [-0.25, -0.2) is 4.79 Å². The second-order valence-corrected chi connectivity index (χ2v) is 16.2. The number of benzene rings is 2. The maximum atomic E-state index is 13.7. The highest BCUT2D eigenvalue weighted by molar-refractivity contribution is 6.32. The van der Waals surface area contributed by atoms with Gasteiger partial charge < -0.3 is 34.3 Å². The number of nitrogens with one attached hydrogen (secondary N) is 2. The molecule has 0 spiro atoms. The van der Waals surface area contributed by atoms with Crippen LogP contribution >= 0.6 is 11.6 Å². The number of carbonyl (C=O) groups is 5. The molecule has 2 amide bonds. The van der Waals surface area contributed by atoms with Crippen LogP contribution in [0.1, 0.15) is 63.3 Å². The molecule has 14 nitrogen and oxygen atoms in total. The zero-order chi connectivity index (χ0) is 41.9. The molecular weight excluding hydrogens is 768 g/mol. The fraction of sp³-hybridized carbons (Fsp3) is 0.558. The van der Waals surface area contributed by atoms with Gasteiger partial charge in [0.15, 0.2) is 6.10 Å². The first-order chi connectivity index (χ1) is 27.7. The fourth-order valence-electron chi connectivity index (χ4n) is 7.17. The average molecular weight is 825 g/mol. The molecule has 2 fully saturated rings. The highest BCUT2D eigenvalue weighted by Crippen LogP contribution is 2.45. The van der Waals surface area contributed by atoms with E-state index in [4.69, 9.17) is 35.3 Å². The lowest BCUT2D eigenvalue weighted by Crippen LogP contribution is -2.49. The van der Waals surface area contributed by atoms with Crippen LogP contribution in [-0.2, 0) is 55.9 Å². The molecular formula is C43H57ClN4O10. The van der Waals surface area contributed by atoms with Gasteiger partial charge in [0.05, 0.1) is 37.8 Å². The number of amides is 2. The molecule has 58 heavy (non-hydrogen) atoms. The number of piperazine rings is 1. The average Bonchev–Trinajstić information content (AvgIpc) is 4.00. The smallest absolute Gasteiger partial charge is 0.347 e. The lowest BCUT2D eigenvalue weighted by Gasteiger charge is -2.34. The van der Waals surface area contributed by atoms with Crippen LogP contribution in [0.25, 0.3) is 0 Å². The molecule has 0 saturated carbocycles. The molecule has 5 rings (SSSR count). The van der Waals surface area contributed by atoms with Crippen LogP contribution in [0.3, 0.4) is 0 Å². The van der Waals surface area contributed by atoms with Crippen LogP contribution in [0.5, 0.6) is 5.75 Å². The van der Waals surface area contributed by atoms with Crippen molar-refractivity contribution in [1.29, 1.82) is 0 Å². The maximum Gasteiger partial charge on any atom is 0.347 e. The van der Waals surface area contributed by atoms with E-state index in [2.05, 4.69) is 44.7 Å². The standard InChI is InChI=1S/C43H57ClN4O10/c1-26(2)20-36-43(53)56-34(28(4)39-40(58-39)31-13-10-29(11-14-31)24-47-16-18-48(19-17-47)25-38(50)55-6)8-7-9-37(49)46-33(41(51)45-23-27(3)42(52)57-36)22-30-12-15-35(54-5)32(44)21-30/h7,9-15,21,26-28,33-34,36,39-40H,8,16-20,22-25H2,1-6H3,(H,45,51)(H,46,49). The van der Waals surface area contributed by atoms with Gasteiger partial charge in [-0.05, 0) is 47.2 Å². The number of rotatable bonds is 12. The van der Waals surface area contributed by atoms with E-state index in [1.165, 1.54) is 20.3 Å². The summed E-state index contributed by atoms with van der Waals surface area (Å²) in [7, 11) is 2.91. The predicted octanol–water partition coefficient (Wildman–Crippen LogP) is 4.02. The Labute approximate surface area is 345 Å². The van der Waals surface area contributed by atoms with E-state index in [9.17, 15) is 24.0 Å². The van der Waals surface area contributed by atoms with Gasteiger partial charge in [-0.15, -0.1) is 0 Å². The number of halogens is 1. The first-order valence-electron chi connectivity index (χ1n) is 20.0. The first-order valence-corrected chi connectivity index (χ1v) is 20.4. The Kier molecular flexibility index (Phi) is 16.1. The number of ether oxygens (including phenoxy) is 5. The summed E-state index contributed by atoms with van der Waals surface area (Å²) in [5.74, 6) is -3.17. The zero-order valence-electron chi connectivity index (χ0n) is 34.2. The van der Waals surface area contributed by atoms with Crippen LogP contribution in [0.2, 0.25) is 5.02 Å². The molecule has 2 aromatic carbocycles. The van der Waals surface area contributed by atoms with Gasteiger partial charge in [0.2, 0.25) is 11.8 Å². The monoisotopic (exact) mass is 824 g/mol. The topological polar surface area (TPSA) is 165 Å². The molecule has 2 saturated heterocycles. The highest BCUT2D eigenvalue weighted by Gasteiger charge is 2.48. The minimum atomic E-state index is -1.16. The fourth-order valence-corrected chi connectivity index (χ4v) is 7.45. The minimum Gasteiger partial charge on any atom is -0.495 e. The Bertz CT molecular complexity index is 1780. The van der Waals surface area contributed by atoms with Crippen LogP contribution in [0, 0.1) is 17.8 Å². The Morgan fingerprint density at radius 2 is 1.62 bits per heavy atom. The Hall–Kier alpha value is -4.50. The van der Waals surface area contributed by atoms with Crippen molar-refractivity contribution < 1.29 is 47.7 Å². The molecule has 316 valence electrons. The van der Waals surface area contributed by atoms with Crippen molar-refractivity contribution in [3.8, 4) is 5.75 Å². The third kappa shape index (κ3) is 12.7. The van der Waals surface area contributed by atoms with E-state index in [1.54, 1.807) is 31.2 Å². The van der Waals surface area contributed by atoms with Crippen molar-refractivity contribution in [2.45, 2.75) is 84.0 Å². The predicted molar refractivity (Wildman–Crippen MR) is 216 cm³/mol. The normalized spacial score (nSPS) is 25.9. The number of hydrogen-bond acceptors (Lipinski definition) is 12. The van der Waals surface area contributed by atoms with E-state index < -0.39 is 47.9 Å². The molecule has 7 atom stereocenters. The number of epoxide rings is 1. The molecule has 2 N–H and O–H groups in total. The van der Waals surface area contributed by atoms with Gasteiger partial charge in [0, 0.05) is 58.0 Å². The molecule has 3 aliphatic rings. The molecule has 3 aliphatic heterocycles. The van der Waals surface area contributed by atoms with Crippen LogP contribution in [-0.4, -0.2) is 117 Å². The summed E-state index contributed by atoms with van der Waals surface area (Å²) < 4.78 is 28.1. The van der Waals surface area contributed by atoms with Gasteiger partial charge in [0.1, 0.15) is 24.0 Å². The van der Waals surface area contributed by atoms with Crippen molar-refractivity contribution >= 4 is 41.3 Å². The van der Waals surface area contributed by atoms with E-state index in [0.717, 1.165) is 43.9 Å². The van der Waals surface area contributed by atoms with Gasteiger partial charge in [-0.2, -0.15) is 0 Å². The molecule has 0 aromatic heterocycles. The Morgan fingerprint density at radius 3 is 2.28 bits per heavy atom. The summed E-state index contributed by atoms with van der Waals surface area (Å²) in [4.78, 5) is 69.8. The molecule has 3 heterocycles. The van der Waals surface area contributed by atoms with Crippen LogP contribution in [0.4, 0.5) is 0 Å². The molecule has 0 aliphatic carbocycles. The van der Waals surface area contributed by atoms with E-state index in [0.29, 0.717) is 22.9 Å². The van der Waals surface area contributed by atoms with Crippen molar-refractivity contribution in [3.63, 3.8) is 0 Å². The third-order valence-corrected chi connectivity index (χ3v) is 11.1. The number of cyclic esters (lactones) is 2. The van der Waals surface area contributed by atoms with Gasteiger partial charge in [0.25, 0.3) is 0 Å². The first kappa shape index (κ1) is 44.6. The molecule has 0 radical (unpaired) electrons. The lowest BCUT2D eigenvalue weighted by molar-refractivity contribution is -0.176. The summed E-state index contributed by atoms with van der Waals surface area (Å²) in [6.07, 6.45) is 1.12. The highest BCUT2D eigenvalue weighted by atomic mass is 35.5. The summed E-state index contributed by atoms with van der Waals surface area (Å²) in [6, 6.07) is 12.4. The minimum absolute atomic E-state index is 0.00734. The maximum absolute atomic E-state index is 13.7. The number of methoxy groups -OCH3 is 2. The van der Waals surface area contributed by atoms with Gasteiger partial charge >= 0.3 is 17.9 Å². The summed E-state index contributed by atoms with van der Waals surface area (Å²) in [5.41, 5.74) is 2.86.